The largest absolute Gasteiger partial charge is 0.493 e. The molecule has 1 aromatic carbocycles. The van der Waals surface area contributed by atoms with Crippen molar-refractivity contribution in [3.8, 4) is 22.6 Å². The lowest BCUT2D eigenvalue weighted by Crippen LogP contribution is -2.40. The van der Waals surface area contributed by atoms with E-state index >= 15 is 0 Å². The summed E-state index contributed by atoms with van der Waals surface area (Å²) in [6.45, 7) is 0. The lowest BCUT2D eigenvalue weighted by molar-refractivity contribution is 0.400. The van der Waals surface area contributed by atoms with Crippen LogP contribution < -0.4 is 19.8 Å². The monoisotopic (exact) mass is 507 g/mol. The molecule has 11 heteroatoms. The minimum atomic E-state index is -2.97. The van der Waals surface area contributed by atoms with Crippen LogP contribution in [0.5, 0.6) is 11.5 Å². The second-order valence-corrected chi connectivity index (χ2v) is 11.7. The standard InChI is InChI=1S/C22H25N3O5S3/c1-25-12-16(13-4-5-17(30-31-3)18(10-13)29-2)20-15(22(25)26)11-19(32-20)21(23)24-14-6-8-33(27,28)9-7-14/h4-5,10-12,14H,6-9H2,1-3H3,(H2,23,24). The first kappa shape index (κ1) is 23.7. The van der Waals surface area contributed by atoms with Gasteiger partial charge < -0.3 is 18.8 Å². The summed E-state index contributed by atoms with van der Waals surface area (Å²) in [6.07, 6.45) is 4.57. The quantitative estimate of drug-likeness (QED) is 0.299. The van der Waals surface area contributed by atoms with Gasteiger partial charge in [0.2, 0.25) is 0 Å². The fourth-order valence-electron chi connectivity index (χ4n) is 3.88. The van der Waals surface area contributed by atoms with Crippen LogP contribution in [-0.4, -0.2) is 49.7 Å². The average Bonchev–Trinajstić information content (AvgIpc) is 3.24. The predicted molar refractivity (Wildman–Crippen MR) is 135 cm³/mol. The number of sulfone groups is 1. The second kappa shape index (κ2) is 9.40. The number of fused-ring (bicyclic) bond motifs is 1. The van der Waals surface area contributed by atoms with Gasteiger partial charge in [0.25, 0.3) is 5.56 Å². The molecule has 176 valence electrons. The molecule has 1 aliphatic heterocycles. The van der Waals surface area contributed by atoms with E-state index in [4.69, 9.17) is 14.3 Å². The van der Waals surface area contributed by atoms with Gasteiger partial charge in [0.05, 0.1) is 40.9 Å². The highest BCUT2D eigenvalue weighted by molar-refractivity contribution is 7.94. The number of aryl methyl sites for hydroxylation is 1. The van der Waals surface area contributed by atoms with Crippen LogP contribution in [0.1, 0.15) is 17.7 Å². The normalized spacial score (nSPS) is 16.0. The third kappa shape index (κ3) is 4.90. The summed E-state index contributed by atoms with van der Waals surface area (Å²) < 4.78 is 36.7. The van der Waals surface area contributed by atoms with E-state index in [0.29, 0.717) is 34.6 Å². The van der Waals surface area contributed by atoms with Gasteiger partial charge >= 0.3 is 0 Å². The molecule has 1 saturated heterocycles. The van der Waals surface area contributed by atoms with Crippen molar-refractivity contribution >= 4 is 49.1 Å². The first-order valence-electron chi connectivity index (χ1n) is 10.3. The molecule has 1 fully saturated rings. The molecule has 0 atom stereocenters. The molecule has 0 bridgehead atoms. The van der Waals surface area contributed by atoms with Gasteiger partial charge in [0.1, 0.15) is 15.7 Å². The van der Waals surface area contributed by atoms with Gasteiger partial charge in [-0.2, -0.15) is 0 Å². The average molecular weight is 508 g/mol. The lowest BCUT2D eigenvalue weighted by atomic mass is 10.1. The van der Waals surface area contributed by atoms with Gasteiger partial charge in [-0.3, -0.25) is 10.2 Å². The van der Waals surface area contributed by atoms with Crippen molar-refractivity contribution in [1.82, 2.24) is 9.88 Å². The van der Waals surface area contributed by atoms with Crippen molar-refractivity contribution in [2.24, 2.45) is 7.05 Å². The molecule has 0 radical (unpaired) electrons. The van der Waals surface area contributed by atoms with Crippen molar-refractivity contribution in [3.05, 3.63) is 45.7 Å². The molecule has 0 aliphatic carbocycles. The number of aromatic nitrogens is 1. The highest BCUT2D eigenvalue weighted by Crippen LogP contribution is 2.38. The Bertz CT molecular complexity index is 1360. The number of pyridine rings is 1. The number of nitrogens with zero attached hydrogens (tertiary/aromatic N) is 1. The lowest BCUT2D eigenvalue weighted by Gasteiger charge is -2.23. The third-order valence-electron chi connectivity index (χ3n) is 5.65. The van der Waals surface area contributed by atoms with Crippen LogP contribution in [0, 0.1) is 5.41 Å². The highest BCUT2D eigenvalue weighted by Gasteiger charge is 2.25. The van der Waals surface area contributed by atoms with Crippen molar-refractivity contribution in [3.63, 3.8) is 0 Å². The number of nitrogens with one attached hydrogen (secondary N) is 2. The Morgan fingerprint density at radius 3 is 2.64 bits per heavy atom. The van der Waals surface area contributed by atoms with Crippen LogP contribution in [0.25, 0.3) is 21.2 Å². The molecule has 0 saturated carbocycles. The molecule has 8 nitrogen and oxygen atoms in total. The van der Waals surface area contributed by atoms with Gasteiger partial charge in [-0.15, -0.1) is 11.3 Å². The van der Waals surface area contributed by atoms with E-state index in [2.05, 4.69) is 5.32 Å². The molecular formula is C22H25N3O5S3. The van der Waals surface area contributed by atoms with E-state index in [-0.39, 0.29) is 28.9 Å². The third-order valence-corrected chi connectivity index (χ3v) is 8.89. The SMILES string of the molecule is COc1cc(-c2cn(C)c(=O)c3cc(C(=N)NC4CCS(=O)(=O)CC4)sc23)ccc1OSC. The maximum absolute atomic E-state index is 12.8. The topological polar surface area (TPSA) is 110 Å². The number of ether oxygens (including phenoxy) is 1. The highest BCUT2D eigenvalue weighted by atomic mass is 32.2. The molecule has 2 N–H and O–H groups in total. The van der Waals surface area contributed by atoms with Crippen LogP contribution >= 0.6 is 23.4 Å². The zero-order valence-corrected chi connectivity index (χ0v) is 21.0. The number of hydrogen-bond acceptors (Lipinski definition) is 8. The summed E-state index contributed by atoms with van der Waals surface area (Å²) in [4.78, 5) is 13.5. The van der Waals surface area contributed by atoms with Crippen LogP contribution in [0.15, 0.2) is 35.3 Å². The molecular weight excluding hydrogens is 482 g/mol. The van der Waals surface area contributed by atoms with E-state index in [1.54, 1.807) is 26.4 Å². The zero-order chi connectivity index (χ0) is 23.8. The summed E-state index contributed by atoms with van der Waals surface area (Å²) in [5.74, 6) is 1.67. The Morgan fingerprint density at radius 2 is 1.97 bits per heavy atom. The predicted octanol–water partition coefficient (Wildman–Crippen LogP) is 3.42. The first-order chi connectivity index (χ1) is 15.7. The maximum Gasteiger partial charge on any atom is 0.259 e. The first-order valence-corrected chi connectivity index (χ1v) is 14.1. The van der Waals surface area contributed by atoms with E-state index in [9.17, 15) is 13.2 Å². The minimum absolute atomic E-state index is 0.0678. The van der Waals surface area contributed by atoms with Crippen molar-refractivity contribution in [2.45, 2.75) is 18.9 Å². The number of benzene rings is 1. The summed E-state index contributed by atoms with van der Waals surface area (Å²) in [6, 6.07) is 7.29. The smallest absolute Gasteiger partial charge is 0.259 e. The van der Waals surface area contributed by atoms with Gasteiger partial charge in [0, 0.05) is 35.8 Å². The molecule has 4 rings (SSSR count). The Balaban J connectivity index is 1.71. The van der Waals surface area contributed by atoms with E-state index in [0.717, 1.165) is 15.8 Å². The number of rotatable bonds is 6. The van der Waals surface area contributed by atoms with Crippen LogP contribution in [0.2, 0.25) is 0 Å². The molecule has 0 amide bonds. The van der Waals surface area contributed by atoms with E-state index < -0.39 is 9.84 Å². The fraction of sp³-hybridized carbons (Fsp3) is 0.364. The van der Waals surface area contributed by atoms with Crippen molar-refractivity contribution in [1.29, 1.82) is 5.41 Å². The van der Waals surface area contributed by atoms with Gasteiger partial charge in [-0.1, -0.05) is 6.07 Å². The fourth-order valence-corrected chi connectivity index (χ4v) is 6.79. The molecule has 33 heavy (non-hydrogen) atoms. The maximum atomic E-state index is 12.8. The Morgan fingerprint density at radius 1 is 1.24 bits per heavy atom. The van der Waals surface area contributed by atoms with Crippen LogP contribution in [-0.2, 0) is 16.9 Å². The molecule has 2 aromatic heterocycles. The van der Waals surface area contributed by atoms with E-state index in [1.807, 2.05) is 24.5 Å². The summed E-state index contributed by atoms with van der Waals surface area (Å²) in [5, 5.41) is 12.2. The Kier molecular flexibility index (Phi) is 6.73. The van der Waals surface area contributed by atoms with E-state index in [1.165, 1.54) is 27.9 Å². The Hall–Kier alpha value is -2.50. The molecule has 3 heterocycles. The summed E-state index contributed by atoms with van der Waals surface area (Å²) in [5.41, 5.74) is 1.59. The molecule has 1 aliphatic rings. The van der Waals surface area contributed by atoms with Crippen molar-refractivity contribution in [2.75, 3.05) is 24.9 Å². The number of amidine groups is 1. The molecule has 0 unspecified atom stereocenters. The number of hydrogen-bond donors (Lipinski definition) is 2. The zero-order valence-electron chi connectivity index (χ0n) is 18.5. The van der Waals surface area contributed by atoms with Gasteiger partial charge in [-0.25, -0.2) is 8.42 Å². The van der Waals surface area contributed by atoms with Gasteiger partial charge in [0.15, 0.2) is 11.5 Å². The number of methoxy groups -OCH3 is 1. The van der Waals surface area contributed by atoms with Crippen molar-refractivity contribution < 1.29 is 17.3 Å². The second-order valence-electron chi connectivity index (χ2n) is 7.87. The minimum Gasteiger partial charge on any atom is -0.493 e. The summed E-state index contributed by atoms with van der Waals surface area (Å²) >= 11 is 2.60. The Labute approximate surface area is 200 Å². The van der Waals surface area contributed by atoms with Gasteiger partial charge in [-0.05, 0) is 36.6 Å². The summed E-state index contributed by atoms with van der Waals surface area (Å²) in [7, 11) is 0.316. The van der Waals surface area contributed by atoms with Crippen LogP contribution in [0.4, 0.5) is 0 Å². The van der Waals surface area contributed by atoms with Crippen LogP contribution in [0.3, 0.4) is 0 Å². The molecule has 3 aromatic rings. The number of thiophene rings is 1. The molecule has 0 spiro atoms.